The topological polar surface area (TPSA) is 83.6 Å². The average Bonchev–Trinajstić information content (AvgIpc) is 3.02. The molecule has 1 aromatic carbocycles. The summed E-state index contributed by atoms with van der Waals surface area (Å²) in [6.07, 6.45) is 0. The molecule has 1 aliphatic rings. The zero-order valence-electron chi connectivity index (χ0n) is 13.5. The van der Waals surface area contributed by atoms with E-state index in [0.29, 0.717) is 29.3 Å². The maximum absolute atomic E-state index is 12.3. The number of benzene rings is 1. The van der Waals surface area contributed by atoms with Gasteiger partial charge in [-0.15, -0.1) is 0 Å². The van der Waals surface area contributed by atoms with Crippen molar-refractivity contribution >= 4 is 44.2 Å². The predicted molar refractivity (Wildman–Crippen MR) is 99.0 cm³/mol. The summed E-state index contributed by atoms with van der Waals surface area (Å²) in [7, 11) is 0. The first kappa shape index (κ1) is 17.8. The van der Waals surface area contributed by atoms with Crippen molar-refractivity contribution in [2.75, 3.05) is 31.2 Å². The van der Waals surface area contributed by atoms with E-state index in [2.05, 4.69) is 36.7 Å². The second-order valence-corrected chi connectivity index (χ2v) is 7.32. The van der Waals surface area contributed by atoms with Crippen LogP contribution >= 0.6 is 27.3 Å². The summed E-state index contributed by atoms with van der Waals surface area (Å²) in [6.45, 7) is 4.61. The number of amides is 2. The number of ether oxygens (including phenoxy) is 1. The van der Waals surface area contributed by atoms with E-state index < -0.39 is 0 Å². The summed E-state index contributed by atoms with van der Waals surface area (Å²) in [5, 5.41) is 0.796. The lowest BCUT2D eigenvalue weighted by atomic mass is 10.2. The number of aromatic nitrogens is 1. The summed E-state index contributed by atoms with van der Waals surface area (Å²) in [5.41, 5.74) is 5.97. The molecule has 0 radical (unpaired) electrons. The fourth-order valence-electron chi connectivity index (χ4n) is 2.33. The van der Waals surface area contributed by atoms with Gasteiger partial charge in [0.25, 0.3) is 11.8 Å². The molecule has 9 heteroatoms. The summed E-state index contributed by atoms with van der Waals surface area (Å²) in [6, 6.07) is 6.86. The number of halogens is 1. The zero-order chi connectivity index (χ0) is 17.8. The van der Waals surface area contributed by atoms with Crippen molar-refractivity contribution in [3.8, 4) is 0 Å². The van der Waals surface area contributed by atoms with Gasteiger partial charge in [-0.2, -0.15) is 0 Å². The summed E-state index contributed by atoms with van der Waals surface area (Å²) in [4.78, 5) is 31.4. The lowest BCUT2D eigenvalue weighted by Crippen LogP contribution is -2.41. The number of nitrogens with one attached hydrogen (secondary N) is 2. The van der Waals surface area contributed by atoms with Crippen LogP contribution in [-0.2, 0) is 4.74 Å². The third-order valence-corrected chi connectivity index (χ3v) is 5.41. The molecule has 0 saturated carbocycles. The number of carbonyl (C=O) groups is 2. The number of hydrogen-bond acceptors (Lipinski definition) is 6. The van der Waals surface area contributed by atoms with Gasteiger partial charge in [-0.3, -0.25) is 20.4 Å². The van der Waals surface area contributed by atoms with E-state index in [4.69, 9.17) is 4.74 Å². The van der Waals surface area contributed by atoms with Crippen LogP contribution in [0.4, 0.5) is 5.13 Å². The van der Waals surface area contributed by atoms with Crippen LogP contribution in [-0.4, -0.2) is 43.1 Å². The van der Waals surface area contributed by atoms with Crippen molar-refractivity contribution in [2.45, 2.75) is 6.92 Å². The molecule has 1 saturated heterocycles. The number of carbonyl (C=O) groups excluding carboxylic acids is 2. The minimum Gasteiger partial charge on any atom is -0.378 e. The minimum absolute atomic E-state index is 0.375. The van der Waals surface area contributed by atoms with Crippen LogP contribution in [0.3, 0.4) is 0 Å². The largest absolute Gasteiger partial charge is 0.378 e. The number of anilines is 1. The Morgan fingerprint density at radius 3 is 2.48 bits per heavy atom. The van der Waals surface area contributed by atoms with Crippen molar-refractivity contribution < 1.29 is 14.3 Å². The lowest BCUT2D eigenvalue weighted by Gasteiger charge is -2.25. The van der Waals surface area contributed by atoms with Gasteiger partial charge in [0.2, 0.25) is 0 Å². The quantitative estimate of drug-likeness (QED) is 0.737. The molecule has 132 valence electrons. The van der Waals surface area contributed by atoms with E-state index in [0.717, 1.165) is 22.7 Å². The molecule has 0 aliphatic carbocycles. The minimum atomic E-state index is -0.378. The highest BCUT2D eigenvalue weighted by Crippen LogP contribution is 2.26. The third-order valence-electron chi connectivity index (χ3n) is 3.67. The van der Waals surface area contributed by atoms with Crippen LogP contribution < -0.4 is 15.8 Å². The standard InChI is InChI=1S/C16H17BrN4O3S/c1-10-13(25-16(18-10)21-6-8-24-9-7-21)15(23)20-19-14(22)11-2-4-12(17)5-3-11/h2-5H,6-9H2,1H3,(H,19,22)(H,20,23). The highest BCUT2D eigenvalue weighted by atomic mass is 79.9. The zero-order valence-corrected chi connectivity index (χ0v) is 15.9. The Labute approximate surface area is 157 Å². The number of nitrogens with zero attached hydrogens (tertiary/aromatic N) is 2. The van der Waals surface area contributed by atoms with Crippen LogP contribution in [0.1, 0.15) is 25.7 Å². The first-order chi connectivity index (χ1) is 12.0. The predicted octanol–water partition coefficient (Wildman–Crippen LogP) is 2.13. The molecule has 1 fully saturated rings. The summed E-state index contributed by atoms with van der Waals surface area (Å²) < 4.78 is 6.20. The first-order valence-corrected chi connectivity index (χ1v) is 9.32. The maximum Gasteiger partial charge on any atom is 0.281 e. The molecular weight excluding hydrogens is 408 g/mol. The number of aryl methyl sites for hydroxylation is 1. The van der Waals surface area contributed by atoms with Gasteiger partial charge in [0.15, 0.2) is 5.13 Å². The number of hydrazine groups is 1. The van der Waals surface area contributed by atoms with Crippen molar-refractivity contribution in [1.29, 1.82) is 0 Å². The Hall–Kier alpha value is -1.97. The van der Waals surface area contributed by atoms with E-state index in [1.165, 1.54) is 11.3 Å². The van der Waals surface area contributed by atoms with E-state index in [9.17, 15) is 9.59 Å². The Balaban J connectivity index is 1.62. The molecule has 2 N–H and O–H groups in total. The smallest absolute Gasteiger partial charge is 0.281 e. The fourth-order valence-corrected chi connectivity index (χ4v) is 3.60. The molecule has 0 unspecified atom stereocenters. The normalized spacial score (nSPS) is 14.2. The van der Waals surface area contributed by atoms with Crippen LogP contribution in [0.15, 0.2) is 28.7 Å². The van der Waals surface area contributed by atoms with Crippen molar-refractivity contribution in [3.05, 3.63) is 44.9 Å². The molecule has 1 aromatic heterocycles. The Kier molecular flexibility index (Phi) is 5.67. The van der Waals surface area contributed by atoms with Gasteiger partial charge < -0.3 is 9.64 Å². The second kappa shape index (κ2) is 7.94. The fraction of sp³-hybridized carbons (Fsp3) is 0.312. The molecule has 0 bridgehead atoms. The SMILES string of the molecule is Cc1nc(N2CCOCC2)sc1C(=O)NNC(=O)c1ccc(Br)cc1. The highest BCUT2D eigenvalue weighted by Gasteiger charge is 2.20. The molecule has 2 aromatic rings. The van der Waals surface area contributed by atoms with Crippen LogP contribution in [0.25, 0.3) is 0 Å². The van der Waals surface area contributed by atoms with Crippen molar-refractivity contribution in [1.82, 2.24) is 15.8 Å². The van der Waals surface area contributed by atoms with Crippen molar-refractivity contribution in [3.63, 3.8) is 0 Å². The average molecular weight is 425 g/mol. The molecule has 2 amide bonds. The highest BCUT2D eigenvalue weighted by molar-refractivity contribution is 9.10. The van der Waals surface area contributed by atoms with Gasteiger partial charge >= 0.3 is 0 Å². The lowest BCUT2D eigenvalue weighted by molar-refractivity contribution is 0.0848. The van der Waals surface area contributed by atoms with Crippen molar-refractivity contribution in [2.24, 2.45) is 0 Å². The molecule has 0 spiro atoms. The monoisotopic (exact) mass is 424 g/mol. The van der Waals surface area contributed by atoms with Gasteiger partial charge in [-0.25, -0.2) is 4.98 Å². The van der Waals surface area contributed by atoms with E-state index in [1.54, 1.807) is 31.2 Å². The van der Waals surface area contributed by atoms with Gasteiger partial charge in [0, 0.05) is 23.1 Å². The third kappa shape index (κ3) is 4.36. The number of hydrogen-bond donors (Lipinski definition) is 2. The number of rotatable bonds is 3. The Bertz CT molecular complexity index is 772. The van der Waals surface area contributed by atoms with Gasteiger partial charge in [0.1, 0.15) is 4.88 Å². The van der Waals surface area contributed by atoms with E-state index in [1.807, 2.05) is 0 Å². The molecule has 2 heterocycles. The summed E-state index contributed by atoms with van der Waals surface area (Å²) in [5.74, 6) is -0.753. The maximum atomic E-state index is 12.3. The van der Waals surface area contributed by atoms with E-state index >= 15 is 0 Å². The molecule has 0 atom stereocenters. The first-order valence-electron chi connectivity index (χ1n) is 7.71. The second-order valence-electron chi connectivity index (χ2n) is 5.43. The van der Waals surface area contributed by atoms with Crippen LogP contribution in [0.5, 0.6) is 0 Å². The van der Waals surface area contributed by atoms with Gasteiger partial charge in [-0.1, -0.05) is 27.3 Å². The van der Waals surface area contributed by atoms with Gasteiger partial charge in [-0.05, 0) is 31.2 Å². The molecule has 1 aliphatic heterocycles. The molecule has 25 heavy (non-hydrogen) atoms. The van der Waals surface area contributed by atoms with E-state index in [-0.39, 0.29) is 11.8 Å². The number of thiazole rings is 1. The van der Waals surface area contributed by atoms with Crippen LogP contribution in [0, 0.1) is 6.92 Å². The molecule has 7 nitrogen and oxygen atoms in total. The summed E-state index contributed by atoms with van der Waals surface area (Å²) >= 11 is 4.62. The van der Waals surface area contributed by atoms with Gasteiger partial charge in [0.05, 0.1) is 18.9 Å². The number of morpholine rings is 1. The Morgan fingerprint density at radius 2 is 1.80 bits per heavy atom. The van der Waals surface area contributed by atoms with Crippen LogP contribution in [0.2, 0.25) is 0 Å². The molecular formula is C16H17BrN4O3S. The molecule has 3 rings (SSSR count). The Morgan fingerprint density at radius 1 is 1.16 bits per heavy atom.